The van der Waals surface area contributed by atoms with Gasteiger partial charge in [-0.3, -0.25) is 4.90 Å². The van der Waals surface area contributed by atoms with E-state index in [0.29, 0.717) is 18.4 Å². The summed E-state index contributed by atoms with van der Waals surface area (Å²) in [6.45, 7) is 9.43. The molecule has 0 aromatic heterocycles. The first kappa shape index (κ1) is 15.5. The van der Waals surface area contributed by atoms with Crippen LogP contribution in [0.4, 0.5) is 4.39 Å². The van der Waals surface area contributed by atoms with Gasteiger partial charge in [0.1, 0.15) is 5.82 Å². The van der Waals surface area contributed by atoms with E-state index < -0.39 is 0 Å². The van der Waals surface area contributed by atoms with Gasteiger partial charge in [0, 0.05) is 18.6 Å². The zero-order chi connectivity index (χ0) is 14.8. The Morgan fingerprint density at radius 3 is 2.65 bits per heavy atom. The van der Waals surface area contributed by atoms with Gasteiger partial charge in [-0.25, -0.2) is 4.39 Å². The van der Waals surface area contributed by atoms with Gasteiger partial charge in [0.25, 0.3) is 0 Å². The molecule has 2 nitrogen and oxygen atoms in total. The molecule has 0 amide bonds. The van der Waals surface area contributed by atoms with Crippen molar-refractivity contribution in [2.75, 3.05) is 19.6 Å². The lowest BCUT2D eigenvalue weighted by atomic mass is 9.80. The molecular formula is C17H27FN2. The zero-order valence-electron chi connectivity index (χ0n) is 13.0. The molecule has 2 N–H and O–H groups in total. The van der Waals surface area contributed by atoms with E-state index in [1.807, 2.05) is 12.1 Å². The Bertz CT molecular complexity index is 458. The molecule has 20 heavy (non-hydrogen) atoms. The molecule has 0 spiro atoms. The molecule has 0 bridgehead atoms. The lowest BCUT2D eigenvalue weighted by Crippen LogP contribution is -2.57. The molecule has 1 fully saturated rings. The van der Waals surface area contributed by atoms with Crippen molar-refractivity contribution in [2.24, 2.45) is 11.1 Å². The van der Waals surface area contributed by atoms with Crippen LogP contribution in [0.1, 0.15) is 39.2 Å². The maximum absolute atomic E-state index is 13.9. The Kier molecular flexibility index (Phi) is 4.50. The van der Waals surface area contributed by atoms with E-state index in [0.717, 1.165) is 18.7 Å². The van der Waals surface area contributed by atoms with Crippen molar-refractivity contribution in [3.05, 3.63) is 35.6 Å². The molecule has 1 unspecified atom stereocenters. The third kappa shape index (κ3) is 3.39. The van der Waals surface area contributed by atoms with E-state index in [1.54, 1.807) is 6.07 Å². The Balaban J connectivity index is 2.18. The van der Waals surface area contributed by atoms with Crippen LogP contribution in [0.3, 0.4) is 0 Å². The van der Waals surface area contributed by atoms with Crippen LogP contribution in [-0.4, -0.2) is 30.1 Å². The summed E-state index contributed by atoms with van der Waals surface area (Å²) in [5.41, 5.74) is 6.98. The summed E-state index contributed by atoms with van der Waals surface area (Å²) in [5, 5.41) is 0. The van der Waals surface area contributed by atoms with E-state index in [-0.39, 0.29) is 11.4 Å². The van der Waals surface area contributed by atoms with Gasteiger partial charge in [0.05, 0.1) is 0 Å². The third-order valence-corrected chi connectivity index (χ3v) is 4.63. The normalized spacial score (nSPS) is 22.4. The zero-order valence-corrected chi connectivity index (χ0v) is 13.0. The highest BCUT2D eigenvalue weighted by Crippen LogP contribution is 2.33. The molecule has 1 aliphatic rings. The van der Waals surface area contributed by atoms with Crippen LogP contribution in [0, 0.1) is 11.2 Å². The van der Waals surface area contributed by atoms with Gasteiger partial charge < -0.3 is 5.73 Å². The number of hydrogen-bond acceptors (Lipinski definition) is 2. The quantitative estimate of drug-likeness (QED) is 0.916. The monoisotopic (exact) mass is 278 g/mol. The fourth-order valence-electron chi connectivity index (χ4n) is 3.25. The first-order valence-electron chi connectivity index (χ1n) is 7.55. The fraction of sp³-hybridized carbons (Fsp3) is 0.647. The number of hydrogen-bond donors (Lipinski definition) is 1. The average Bonchev–Trinajstić information content (AvgIpc) is 2.40. The SMILES string of the molecule is CC1(C)CCCN(C(C)(CN)Cc2ccccc2F)C1. The Hall–Kier alpha value is -0.930. The highest BCUT2D eigenvalue weighted by molar-refractivity contribution is 5.20. The molecular weight excluding hydrogens is 251 g/mol. The average molecular weight is 278 g/mol. The number of likely N-dealkylation sites (tertiary alicyclic amines) is 1. The Labute approximate surface area is 122 Å². The van der Waals surface area contributed by atoms with Crippen LogP contribution in [0.2, 0.25) is 0 Å². The largest absolute Gasteiger partial charge is 0.329 e. The van der Waals surface area contributed by atoms with Crippen LogP contribution in [0.25, 0.3) is 0 Å². The maximum atomic E-state index is 13.9. The highest BCUT2D eigenvalue weighted by atomic mass is 19.1. The Morgan fingerprint density at radius 1 is 1.35 bits per heavy atom. The number of halogens is 1. The van der Waals surface area contributed by atoms with Crippen molar-refractivity contribution in [1.82, 2.24) is 4.90 Å². The van der Waals surface area contributed by atoms with E-state index >= 15 is 0 Å². The van der Waals surface area contributed by atoms with E-state index in [9.17, 15) is 4.39 Å². The number of piperidine rings is 1. The standard InChI is InChI=1S/C17H27FN2/c1-16(2)9-6-10-20(13-16)17(3,12-19)11-14-7-4-5-8-15(14)18/h4-5,7-8H,6,9-13,19H2,1-3H3. The van der Waals surface area contributed by atoms with Crippen molar-refractivity contribution < 1.29 is 4.39 Å². The first-order chi connectivity index (χ1) is 9.36. The smallest absolute Gasteiger partial charge is 0.126 e. The summed E-state index contributed by atoms with van der Waals surface area (Å²) in [7, 11) is 0. The van der Waals surface area contributed by atoms with Crippen LogP contribution in [0.15, 0.2) is 24.3 Å². The molecule has 0 aliphatic carbocycles. The highest BCUT2D eigenvalue weighted by Gasteiger charge is 2.37. The van der Waals surface area contributed by atoms with Gasteiger partial charge >= 0.3 is 0 Å². The van der Waals surface area contributed by atoms with Gasteiger partial charge in [-0.1, -0.05) is 32.0 Å². The maximum Gasteiger partial charge on any atom is 0.126 e. The number of nitrogens with zero attached hydrogens (tertiary/aromatic N) is 1. The lowest BCUT2D eigenvalue weighted by molar-refractivity contribution is 0.0279. The summed E-state index contributed by atoms with van der Waals surface area (Å²) < 4.78 is 13.9. The summed E-state index contributed by atoms with van der Waals surface area (Å²) in [4.78, 5) is 2.46. The molecule has 0 saturated carbocycles. The molecule has 0 radical (unpaired) electrons. The van der Waals surface area contributed by atoms with E-state index in [2.05, 4.69) is 25.7 Å². The summed E-state index contributed by atoms with van der Waals surface area (Å²) >= 11 is 0. The molecule has 1 heterocycles. The second-order valence-corrected chi connectivity index (χ2v) is 7.16. The molecule has 1 aliphatic heterocycles. The minimum atomic E-state index is -0.167. The summed E-state index contributed by atoms with van der Waals surface area (Å²) in [6, 6.07) is 7.04. The summed E-state index contributed by atoms with van der Waals surface area (Å²) in [5.74, 6) is -0.122. The van der Waals surface area contributed by atoms with Crippen molar-refractivity contribution in [1.29, 1.82) is 0 Å². The predicted molar refractivity (Wildman–Crippen MR) is 82.2 cm³/mol. The van der Waals surface area contributed by atoms with Gasteiger partial charge in [-0.2, -0.15) is 0 Å². The minimum Gasteiger partial charge on any atom is -0.329 e. The van der Waals surface area contributed by atoms with Crippen LogP contribution >= 0.6 is 0 Å². The van der Waals surface area contributed by atoms with Crippen LogP contribution in [0.5, 0.6) is 0 Å². The predicted octanol–water partition coefficient (Wildman–Crippen LogP) is 3.21. The topological polar surface area (TPSA) is 29.3 Å². The summed E-state index contributed by atoms with van der Waals surface area (Å²) in [6.07, 6.45) is 3.12. The molecule has 1 aromatic carbocycles. The molecule has 1 aromatic rings. The number of nitrogens with two attached hydrogens (primary N) is 1. The first-order valence-corrected chi connectivity index (χ1v) is 7.55. The second kappa shape index (κ2) is 5.82. The van der Waals surface area contributed by atoms with Crippen molar-refractivity contribution in [3.8, 4) is 0 Å². The fourth-order valence-corrected chi connectivity index (χ4v) is 3.25. The van der Waals surface area contributed by atoms with E-state index in [1.165, 1.54) is 18.9 Å². The second-order valence-electron chi connectivity index (χ2n) is 7.16. The number of rotatable bonds is 4. The number of benzene rings is 1. The van der Waals surface area contributed by atoms with Gasteiger partial charge in [0.15, 0.2) is 0 Å². The van der Waals surface area contributed by atoms with Gasteiger partial charge in [-0.05, 0) is 49.8 Å². The Morgan fingerprint density at radius 2 is 2.05 bits per heavy atom. The van der Waals surface area contributed by atoms with Crippen LogP contribution < -0.4 is 5.73 Å². The molecule has 2 rings (SSSR count). The van der Waals surface area contributed by atoms with E-state index in [4.69, 9.17) is 5.73 Å². The minimum absolute atomic E-state index is 0.122. The third-order valence-electron chi connectivity index (χ3n) is 4.63. The van der Waals surface area contributed by atoms with Crippen molar-refractivity contribution in [3.63, 3.8) is 0 Å². The molecule has 1 saturated heterocycles. The lowest BCUT2D eigenvalue weighted by Gasteiger charge is -2.48. The van der Waals surface area contributed by atoms with Gasteiger partial charge in [0.2, 0.25) is 0 Å². The molecule has 1 atom stereocenters. The van der Waals surface area contributed by atoms with Crippen molar-refractivity contribution >= 4 is 0 Å². The molecule has 112 valence electrons. The van der Waals surface area contributed by atoms with Crippen molar-refractivity contribution in [2.45, 2.75) is 45.6 Å². The van der Waals surface area contributed by atoms with Crippen LogP contribution in [-0.2, 0) is 6.42 Å². The van der Waals surface area contributed by atoms with Gasteiger partial charge in [-0.15, -0.1) is 0 Å². The molecule has 3 heteroatoms.